The molecule has 1 spiro atoms. The van der Waals surface area contributed by atoms with Crippen LogP contribution in [-0.2, 0) is 9.47 Å². The molecule has 6 nitrogen and oxygen atoms in total. The second-order valence-corrected chi connectivity index (χ2v) is 7.20. The van der Waals surface area contributed by atoms with E-state index in [0.717, 1.165) is 49.1 Å². The summed E-state index contributed by atoms with van der Waals surface area (Å²) in [5.74, 6) is 2.19. The monoisotopic (exact) mass is 354 g/mol. The summed E-state index contributed by atoms with van der Waals surface area (Å²) in [5.41, 5.74) is 3.50. The van der Waals surface area contributed by atoms with Crippen molar-refractivity contribution in [3.63, 3.8) is 0 Å². The molecule has 2 saturated heterocycles. The van der Waals surface area contributed by atoms with Crippen LogP contribution in [0.5, 0.6) is 0 Å². The van der Waals surface area contributed by atoms with Crippen molar-refractivity contribution in [3.8, 4) is 0 Å². The van der Waals surface area contributed by atoms with Gasteiger partial charge in [-0.25, -0.2) is 9.97 Å². The van der Waals surface area contributed by atoms with Crippen LogP contribution in [-0.4, -0.2) is 42.1 Å². The molecule has 0 atom stereocenters. The van der Waals surface area contributed by atoms with Gasteiger partial charge in [0.05, 0.1) is 13.2 Å². The number of hydrogen-bond donors (Lipinski definition) is 1. The molecule has 0 aliphatic carbocycles. The van der Waals surface area contributed by atoms with Crippen molar-refractivity contribution >= 4 is 17.3 Å². The molecule has 0 amide bonds. The van der Waals surface area contributed by atoms with Crippen LogP contribution in [0.4, 0.5) is 17.3 Å². The molecule has 138 valence electrons. The van der Waals surface area contributed by atoms with Crippen LogP contribution in [0.15, 0.2) is 24.3 Å². The summed E-state index contributed by atoms with van der Waals surface area (Å²) in [6, 6.07) is 8.42. The van der Waals surface area contributed by atoms with Crippen molar-refractivity contribution in [1.82, 2.24) is 9.97 Å². The average Bonchev–Trinajstić information content (AvgIpc) is 3.06. The Balaban J connectivity index is 1.52. The number of hydrogen-bond acceptors (Lipinski definition) is 6. The molecule has 0 unspecified atom stereocenters. The molecule has 1 aromatic heterocycles. The summed E-state index contributed by atoms with van der Waals surface area (Å²) < 4.78 is 11.6. The number of anilines is 3. The van der Waals surface area contributed by atoms with Crippen LogP contribution < -0.4 is 10.2 Å². The Morgan fingerprint density at radius 1 is 1.00 bits per heavy atom. The average molecular weight is 354 g/mol. The first-order valence-electron chi connectivity index (χ1n) is 9.26. The molecule has 1 N–H and O–H groups in total. The van der Waals surface area contributed by atoms with E-state index in [1.54, 1.807) is 0 Å². The van der Waals surface area contributed by atoms with Gasteiger partial charge in [-0.3, -0.25) is 0 Å². The SMILES string of the molecule is Cc1ccc(C)c(Nc2cc(N3CCC4(CC3)OCCO4)nc(C)n2)c1. The number of aromatic nitrogens is 2. The van der Waals surface area contributed by atoms with Gasteiger partial charge in [-0.05, 0) is 38.0 Å². The number of nitrogens with zero attached hydrogens (tertiary/aromatic N) is 3. The fourth-order valence-corrected chi connectivity index (χ4v) is 3.65. The number of benzene rings is 1. The smallest absolute Gasteiger partial charge is 0.171 e. The van der Waals surface area contributed by atoms with E-state index in [1.807, 2.05) is 13.0 Å². The molecular formula is C20H26N4O2. The lowest BCUT2D eigenvalue weighted by atomic mass is 10.0. The van der Waals surface area contributed by atoms with Crippen LogP contribution in [0, 0.1) is 20.8 Å². The summed E-state index contributed by atoms with van der Waals surface area (Å²) in [5, 5.41) is 3.45. The van der Waals surface area contributed by atoms with E-state index < -0.39 is 0 Å². The van der Waals surface area contributed by atoms with Gasteiger partial charge in [0.15, 0.2) is 5.79 Å². The maximum absolute atomic E-state index is 5.82. The van der Waals surface area contributed by atoms with Gasteiger partial charge in [0, 0.05) is 37.7 Å². The van der Waals surface area contributed by atoms with Crippen molar-refractivity contribution in [1.29, 1.82) is 0 Å². The highest BCUT2D eigenvalue weighted by Gasteiger charge is 2.40. The van der Waals surface area contributed by atoms with Crippen LogP contribution in [0.2, 0.25) is 0 Å². The molecule has 3 heterocycles. The van der Waals surface area contributed by atoms with Gasteiger partial charge in [0.25, 0.3) is 0 Å². The number of nitrogens with one attached hydrogen (secondary N) is 1. The first-order chi connectivity index (χ1) is 12.5. The lowest BCUT2D eigenvalue weighted by molar-refractivity contribution is -0.169. The van der Waals surface area contributed by atoms with Crippen LogP contribution >= 0.6 is 0 Å². The van der Waals surface area contributed by atoms with Crippen LogP contribution in [0.25, 0.3) is 0 Å². The highest BCUT2D eigenvalue weighted by molar-refractivity contribution is 5.63. The third-order valence-electron chi connectivity index (χ3n) is 5.14. The minimum atomic E-state index is -0.363. The molecule has 2 fully saturated rings. The molecular weight excluding hydrogens is 328 g/mol. The third kappa shape index (κ3) is 3.52. The third-order valence-corrected chi connectivity index (χ3v) is 5.14. The summed E-state index contributed by atoms with van der Waals surface area (Å²) in [7, 11) is 0. The number of rotatable bonds is 3. The summed E-state index contributed by atoms with van der Waals surface area (Å²) in [6.07, 6.45) is 1.74. The zero-order valence-electron chi connectivity index (χ0n) is 15.7. The Labute approximate surface area is 154 Å². The first kappa shape index (κ1) is 17.2. The highest BCUT2D eigenvalue weighted by atomic mass is 16.7. The standard InChI is InChI=1S/C20H26N4O2/c1-14-4-5-15(2)17(12-14)23-18-13-19(22-16(3)21-18)24-8-6-20(7-9-24)25-10-11-26-20/h4-5,12-13H,6-11H2,1-3H3,(H,21,22,23). The van der Waals surface area contributed by atoms with Gasteiger partial charge in [-0.1, -0.05) is 12.1 Å². The van der Waals surface area contributed by atoms with Gasteiger partial charge in [0.2, 0.25) is 0 Å². The van der Waals surface area contributed by atoms with Gasteiger partial charge >= 0.3 is 0 Å². The lowest BCUT2D eigenvalue weighted by Crippen LogP contribution is -2.45. The lowest BCUT2D eigenvalue weighted by Gasteiger charge is -2.38. The second-order valence-electron chi connectivity index (χ2n) is 7.20. The van der Waals surface area contributed by atoms with E-state index >= 15 is 0 Å². The molecule has 0 saturated carbocycles. The molecule has 1 aromatic carbocycles. The van der Waals surface area contributed by atoms with Gasteiger partial charge in [-0.15, -0.1) is 0 Å². The number of ether oxygens (including phenoxy) is 2. The van der Waals surface area contributed by atoms with Crippen molar-refractivity contribution in [2.45, 2.75) is 39.4 Å². The minimum absolute atomic E-state index is 0.363. The van der Waals surface area contributed by atoms with Gasteiger partial charge < -0.3 is 19.7 Å². The van der Waals surface area contributed by atoms with E-state index in [4.69, 9.17) is 9.47 Å². The summed E-state index contributed by atoms with van der Waals surface area (Å²) >= 11 is 0. The predicted molar refractivity (Wildman–Crippen MR) is 102 cm³/mol. The number of piperidine rings is 1. The van der Waals surface area contributed by atoms with E-state index in [0.29, 0.717) is 13.2 Å². The summed E-state index contributed by atoms with van der Waals surface area (Å²) in [6.45, 7) is 9.29. The van der Waals surface area contributed by atoms with E-state index in [9.17, 15) is 0 Å². The number of aryl methyl sites for hydroxylation is 3. The zero-order valence-corrected chi connectivity index (χ0v) is 15.7. The Bertz CT molecular complexity index is 792. The van der Waals surface area contributed by atoms with Gasteiger partial charge in [0.1, 0.15) is 17.5 Å². The van der Waals surface area contributed by atoms with Gasteiger partial charge in [-0.2, -0.15) is 0 Å². The maximum atomic E-state index is 5.82. The Morgan fingerprint density at radius 2 is 1.73 bits per heavy atom. The Hall–Kier alpha value is -2.18. The molecule has 2 aliphatic heterocycles. The van der Waals surface area contributed by atoms with Crippen molar-refractivity contribution < 1.29 is 9.47 Å². The summed E-state index contributed by atoms with van der Waals surface area (Å²) in [4.78, 5) is 11.5. The van der Waals surface area contributed by atoms with Crippen molar-refractivity contribution in [3.05, 3.63) is 41.2 Å². The fourth-order valence-electron chi connectivity index (χ4n) is 3.65. The molecule has 26 heavy (non-hydrogen) atoms. The van der Waals surface area contributed by atoms with E-state index in [2.05, 4.69) is 52.2 Å². The van der Waals surface area contributed by atoms with E-state index in [1.165, 1.54) is 11.1 Å². The largest absolute Gasteiger partial charge is 0.356 e. The molecule has 0 bridgehead atoms. The highest BCUT2D eigenvalue weighted by Crippen LogP contribution is 2.33. The topological polar surface area (TPSA) is 59.5 Å². The fraction of sp³-hybridized carbons (Fsp3) is 0.500. The maximum Gasteiger partial charge on any atom is 0.171 e. The van der Waals surface area contributed by atoms with Crippen molar-refractivity contribution in [2.75, 3.05) is 36.5 Å². The molecule has 2 aromatic rings. The first-order valence-corrected chi connectivity index (χ1v) is 9.26. The van der Waals surface area contributed by atoms with Crippen LogP contribution in [0.3, 0.4) is 0 Å². The van der Waals surface area contributed by atoms with Crippen molar-refractivity contribution in [2.24, 2.45) is 0 Å². The zero-order chi connectivity index (χ0) is 18.1. The normalized spacial score (nSPS) is 19.1. The molecule has 0 radical (unpaired) electrons. The Kier molecular flexibility index (Phi) is 4.54. The second kappa shape index (κ2) is 6.85. The predicted octanol–water partition coefficient (Wildman–Crippen LogP) is 3.49. The quantitative estimate of drug-likeness (QED) is 0.910. The Morgan fingerprint density at radius 3 is 2.46 bits per heavy atom. The minimum Gasteiger partial charge on any atom is -0.356 e. The van der Waals surface area contributed by atoms with E-state index in [-0.39, 0.29) is 5.79 Å². The molecule has 2 aliphatic rings. The molecule has 4 rings (SSSR count). The molecule has 6 heteroatoms. The van der Waals surface area contributed by atoms with Crippen LogP contribution in [0.1, 0.15) is 29.8 Å².